The average Bonchev–Trinajstić information content (AvgIpc) is 2.33. The lowest BCUT2D eigenvalue weighted by molar-refractivity contribution is 0.178. The average molecular weight is 298 g/mol. The van der Waals surface area contributed by atoms with Crippen molar-refractivity contribution in [3.63, 3.8) is 0 Å². The van der Waals surface area contributed by atoms with Gasteiger partial charge in [-0.3, -0.25) is 0 Å². The molecule has 0 aliphatic carbocycles. The van der Waals surface area contributed by atoms with Gasteiger partial charge in [-0.25, -0.2) is 9.97 Å². The maximum absolute atomic E-state index is 6.12. The summed E-state index contributed by atoms with van der Waals surface area (Å²) in [5.74, 6) is 1.10. The van der Waals surface area contributed by atoms with Crippen LogP contribution in [0.5, 0.6) is 0 Å². The molecule has 0 aliphatic heterocycles. The zero-order chi connectivity index (χ0) is 13.8. The lowest BCUT2D eigenvalue weighted by Gasteiger charge is -2.10. The molecule has 1 aromatic carbocycles. The Morgan fingerprint density at radius 3 is 2.74 bits per heavy atom. The number of hydrogen-bond donors (Lipinski definition) is 1. The van der Waals surface area contributed by atoms with Crippen molar-refractivity contribution in [1.82, 2.24) is 9.97 Å². The molecule has 19 heavy (non-hydrogen) atoms. The van der Waals surface area contributed by atoms with E-state index in [4.69, 9.17) is 27.9 Å². The van der Waals surface area contributed by atoms with Crippen LogP contribution in [0.25, 0.3) is 0 Å². The van der Waals surface area contributed by atoms with E-state index < -0.39 is 0 Å². The normalized spacial score (nSPS) is 10.5. The zero-order valence-corrected chi connectivity index (χ0v) is 12.1. The number of methoxy groups -OCH3 is 1. The number of aromatic nitrogens is 2. The van der Waals surface area contributed by atoms with Crippen LogP contribution in [-0.4, -0.2) is 17.1 Å². The van der Waals surface area contributed by atoms with E-state index in [1.54, 1.807) is 13.2 Å². The predicted octanol–water partition coefficient (Wildman–Crippen LogP) is 3.98. The summed E-state index contributed by atoms with van der Waals surface area (Å²) in [5.41, 5.74) is 1.88. The summed E-state index contributed by atoms with van der Waals surface area (Å²) in [6.45, 7) is 2.29. The predicted molar refractivity (Wildman–Crippen MR) is 77.2 cm³/mol. The van der Waals surface area contributed by atoms with E-state index in [2.05, 4.69) is 15.3 Å². The number of benzene rings is 1. The molecule has 0 fully saturated rings. The molecule has 0 saturated carbocycles. The Balaban J connectivity index is 2.29. The monoisotopic (exact) mass is 297 g/mol. The van der Waals surface area contributed by atoms with E-state index in [1.807, 2.05) is 25.1 Å². The highest BCUT2D eigenvalue weighted by Crippen LogP contribution is 2.26. The minimum atomic E-state index is 0.302. The van der Waals surface area contributed by atoms with Crippen LogP contribution in [0.15, 0.2) is 24.3 Å². The molecule has 0 aliphatic rings. The summed E-state index contributed by atoms with van der Waals surface area (Å²) in [6.07, 6.45) is 0. The minimum Gasteiger partial charge on any atom is -0.377 e. The third-order valence-corrected chi connectivity index (χ3v) is 2.92. The van der Waals surface area contributed by atoms with Gasteiger partial charge in [0.15, 0.2) is 5.82 Å². The fraction of sp³-hybridized carbons (Fsp3) is 0.231. The quantitative estimate of drug-likeness (QED) is 0.867. The van der Waals surface area contributed by atoms with E-state index in [1.165, 1.54) is 0 Å². The molecular weight excluding hydrogens is 285 g/mol. The maximum Gasteiger partial charge on any atom is 0.158 e. The van der Waals surface area contributed by atoms with Crippen molar-refractivity contribution in [3.8, 4) is 0 Å². The van der Waals surface area contributed by atoms with Gasteiger partial charge in [0.25, 0.3) is 0 Å². The van der Waals surface area contributed by atoms with Gasteiger partial charge in [-0.1, -0.05) is 29.3 Å². The van der Waals surface area contributed by atoms with Gasteiger partial charge in [0.05, 0.1) is 10.7 Å². The molecule has 2 aromatic rings. The Hall–Kier alpha value is -1.36. The van der Waals surface area contributed by atoms with Crippen LogP contribution in [-0.2, 0) is 11.3 Å². The second kappa shape index (κ2) is 6.19. The molecule has 0 radical (unpaired) electrons. The molecule has 0 atom stereocenters. The van der Waals surface area contributed by atoms with Gasteiger partial charge in [-0.15, -0.1) is 0 Å². The van der Waals surface area contributed by atoms with Gasteiger partial charge in [-0.05, 0) is 24.6 Å². The van der Waals surface area contributed by atoms with Crippen LogP contribution in [0.2, 0.25) is 10.2 Å². The smallest absolute Gasteiger partial charge is 0.158 e. The van der Waals surface area contributed by atoms with E-state index in [9.17, 15) is 0 Å². The van der Waals surface area contributed by atoms with Gasteiger partial charge in [-0.2, -0.15) is 0 Å². The van der Waals surface area contributed by atoms with Gasteiger partial charge >= 0.3 is 0 Å². The molecule has 100 valence electrons. The molecule has 0 saturated heterocycles. The number of nitrogens with one attached hydrogen (secondary N) is 1. The summed E-state index contributed by atoms with van der Waals surface area (Å²) < 4.78 is 4.99. The molecule has 4 nitrogen and oxygen atoms in total. The minimum absolute atomic E-state index is 0.302. The second-order valence-corrected chi connectivity index (χ2v) is 4.83. The van der Waals surface area contributed by atoms with Crippen molar-refractivity contribution in [2.24, 2.45) is 0 Å². The van der Waals surface area contributed by atoms with Crippen molar-refractivity contribution < 1.29 is 4.74 Å². The van der Waals surface area contributed by atoms with Crippen LogP contribution >= 0.6 is 23.2 Å². The number of nitrogens with zero attached hydrogens (tertiary/aromatic N) is 2. The van der Waals surface area contributed by atoms with Gasteiger partial charge in [0.1, 0.15) is 17.6 Å². The Labute approximate surface area is 121 Å². The van der Waals surface area contributed by atoms with Crippen molar-refractivity contribution in [2.75, 3.05) is 12.4 Å². The zero-order valence-electron chi connectivity index (χ0n) is 10.6. The van der Waals surface area contributed by atoms with Crippen LogP contribution in [0.3, 0.4) is 0 Å². The molecule has 0 amide bonds. The number of rotatable bonds is 4. The first-order chi connectivity index (χ1) is 9.08. The van der Waals surface area contributed by atoms with E-state index in [0.29, 0.717) is 28.4 Å². The van der Waals surface area contributed by atoms with E-state index >= 15 is 0 Å². The Kier molecular flexibility index (Phi) is 4.58. The van der Waals surface area contributed by atoms with Crippen LogP contribution in [0.4, 0.5) is 11.5 Å². The van der Waals surface area contributed by atoms with Crippen LogP contribution < -0.4 is 5.32 Å². The van der Waals surface area contributed by atoms with Gasteiger partial charge < -0.3 is 10.1 Å². The summed E-state index contributed by atoms with van der Waals surface area (Å²) in [6, 6.07) is 7.35. The van der Waals surface area contributed by atoms with Crippen molar-refractivity contribution >= 4 is 34.7 Å². The number of aryl methyl sites for hydroxylation is 1. The van der Waals surface area contributed by atoms with Gasteiger partial charge in [0, 0.05) is 13.2 Å². The highest BCUT2D eigenvalue weighted by atomic mass is 35.5. The molecule has 0 bridgehead atoms. The SMILES string of the molecule is COCc1nc(Cl)cc(Nc2cc(C)ccc2Cl)n1. The topological polar surface area (TPSA) is 47.0 Å². The Bertz CT molecular complexity index is 590. The number of anilines is 2. The van der Waals surface area contributed by atoms with Gasteiger partial charge in [0.2, 0.25) is 0 Å². The number of halogens is 2. The molecule has 2 rings (SSSR count). The largest absolute Gasteiger partial charge is 0.377 e. The third-order valence-electron chi connectivity index (χ3n) is 2.40. The van der Waals surface area contributed by atoms with Crippen LogP contribution in [0.1, 0.15) is 11.4 Å². The Morgan fingerprint density at radius 2 is 2.00 bits per heavy atom. The third kappa shape index (κ3) is 3.80. The summed E-state index contributed by atoms with van der Waals surface area (Å²) in [7, 11) is 1.58. The second-order valence-electron chi connectivity index (χ2n) is 4.03. The van der Waals surface area contributed by atoms with E-state index in [0.717, 1.165) is 11.3 Å². The van der Waals surface area contributed by atoms with Crippen molar-refractivity contribution in [3.05, 3.63) is 45.8 Å². The molecule has 1 aromatic heterocycles. The molecule has 1 N–H and O–H groups in total. The first kappa shape index (κ1) is 14.1. The summed E-state index contributed by atoms with van der Waals surface area (Å²) in [5, 5.41) is 4.10. The Morgan fingerprint density at radius 1 is 1.21 bits per heavy atom. The maximum atomic E-state index is 6.12. The molecule has 1 heterocycles. The standard InChI is InChI=1S/C13H13Cl2N3O/c1-8-3-4-9(14)10(5-8)16-12-6-11(15)17-13(18-12)7-19-2/h3-6H,7H2,1-2H3,(H,16,17,18). The molecule has 0 unspecified atom stereocenters. The highest BCUT2D eigenvalue weighted by Gasteiger charge is 2.06. The number of hydrogen-bond acceptors (Lipinski definition) is 4. The first-order valence-electron chi connectivity index (χ1n) is 5.64. The molecule has 0 spiro atoms. The first-order valence-corrected chi connectivity index (χ1v) is 6.39. The van der Waals surface area contributed by atoms with Crippen molar-refractivity contribution in [1.29, 1.82) is 0 Å². The molecular formula is C13H13Cl2N3O. The lowest BCUT2D eigenvalue weighted by Crippen LogP contribution is -2.02. The fourth-order valence-electron chi connectivity index (χ4n) is 1.60. The number of ether oxygens (including phenoxy) is 1. The summed E-state index contributed by atoms with van der Waals surface area (Å²) >= 11 is 12.1. The lowest BCUT2D eigenvalue weighted by atomic mass is 10.2. The van der Waals surface area contributed by atoms with Crippen LogP contribution in [0, 0.1) is 6.92 Å². The molecule has 6 heteroatoms. The fourth-order valence-corrected chi connectivity index (χ4v) is 1.96. The van der Waals surface area contributed by atoms with Crippen molar-refractivity contribution in [2.45, 2.75) is 13.5 Å². The van der Waals surface area contributed by atoms with E-state index in [-0.39, 0.29) is 0 Å². The summed E-state index contributed by atoms with van der Waals surface area (Å²) in [4.78, 5) is 8.36. The highest BCUT2D eigenvalue weighted by molar-refractivity contribution is 6.33.